The quantitative estimate of drug-likeness (QED) is 0.833. The highest BCUT2D eigenvalue weighted by Gasteiger charge is 2.25. The van der Waals surface area contributed by atoms with E-state index in [9.17, 15) is 9.18 Å². The lowest BCUT2D eigenvalue weighted by Crippen LogP contribution is -2.14. The topological polar surface area (TPSA) is 81.8 Å². The molecule has 1 aliphatic heterocycles. The molecule has 0 spiro atoms. The summed E-state index contributed by atoms with van der Waals surface area (Å²) in [7, 11) is 0. The number of hydrogen-bond donors (Lipinski definition) is 2. The number of aliphatic carboxylic acids is 1. The van der Waals surface area contributed by atoms with Crippen LogP contribution < -0.4 is 15.2 Å². The van der Waals surface area contributed by atoms with Crippen molar-refractivity contribution in [2.24, 2.45) is 5.73 Å². The lowest BCUT2D eigenvalue weighted by atomic mass is 10.0. The van der Waals surface area contributed by atoms with Gasteiger partial charge in [0.1, 0.15) is 5.82 Å². The van der Waals surface area contributed by atoms with Gasteiger partial charge in [-0.25, -0.2) is 4.39 Å². The Morgan fingerprint density at radius 1 is 1.53 bits per heavy atom. The van der Waals surface area contributed by atoms with Gasteiger partial charge in [0.25, 0.3) is 0 Å². The van der Waals surface area contributed by atoms with Crippen molar-refractivity contribution < 1.29 is 23.8 Å². The third-order valence-corrected chi connectivity index (χ3v) is 2.56. The molecule has 2 rings (SSSR count). The maximum absolute atomic E-state index is 13.7. The molecule has 6 heteroatoms. The van der Waals surface area contributed by atoms with Gasteiger partial charge in [0.15, 0.2) is 11.5 Å². The molecule has 0 saturated heterocycles. The van der Waals surface area contributed by atoms with Gasteiger partial charge < -0.3 is 20.3 Å². The lowest BCUT2D eigenvalue weighted by Gasteiger charge is -2.14. The third-order valence-electron chi connectivity index (χ3n) is 2.56. The van der Waals surface area contributed by atoms with Crippen LogP contribution in [-0.4, -0.2) is 17.9 Å². The third kappa shape index (κ3) is 2.31. The van der Waals surface area contributed by atoms with E-state index in [0.29, 0.717) is 5.75 Å². The van der Waals surface area contributed by atoms with E-state index in [1.54, 1.807) is 0 Å². The molecule has 1 aromatic carbocycles. The van der Waals surface area contributed by atoms with Crippen molar-refractivity contribution in [3.05, 3.63) is 23.5 Å². The smallest absolute Gasteiger partial charge is 0.303 e. The number of fused-ring (bicyclic) bond motifs is 1. The first kappa shape index (κ1) is 11.7. The van der Waals surface area contributed by atoms with E-state index in [0.717, 1.165) is 0 Å². The average molecular weight is 241 g/mol. The van der Waals surface area contributed by atoms with Crippen molar-refractivity contribution in [3.8, 4) is 11.5 Å². The fraction of sp³-hybridized carbons (Fsp3) is 0.364. The van der Waals surface area contributed by atoms with Crippen molar-refractivity contribution in [2.45, 2.75) is 18.9 Å². The number of ether oxygens (including phenoxy) is 2. The molecule has 5 nitrogen and oxygen atoms in total. The van der Waals surface area contributed by atoms with E-state index in [2.05, 4.69) is 0 Å². The minimum Gasteiger partial charge on any atom is -0.481 e. The predicted octanol–water partition coefficient (Wildman–Crippen LogP) is 1.42. The summed E-state index contributed by atoms with van der Waals surface area (Å²) in [5, 5.41) is 8.57. The van der Waals surface area contributed by atoms with Gasteiger partial charge in [0.2, 0.25) is 6.79 Å². The average Bonchev–Trinajstić information content (AvgIpc) is 2.73. The van der Waals surface area contributed by atoms with Gasteiger partial charge in [-0.05, 0) is 18.6 Å². The number of rotatable bonds is 4. The summed E-state index contributed by atoms with van der Waals surface area (Å²) < 4.78 is 23.9. The monoisotopic (exact) mass is 241 g/mol. The molecule has 0 fully saturated rings. The normalized spacial score (nSPS) is 14.7. The van der Waals surface area contributed by atoms with Crippen LogP contribution in [0.2, 0.25) is 0 Å². The summed E-state index contributed by atoms with van der Waals surface area (Å²) in [6.07, 6.45) is 0.0250. The van der Waals surface area contributed by atoms with E-state index >= 15 is 0 Å². The Bertz CT molecular complexity index is 449. The van der Waals surface area contributed by atoms with Gasteiger partial charge in [-0.15, -0.1) is 0 Å². The molecule has 1 aliphatic rings. The van der Waals surface area contributed by atoms with Crippen LogP contribution in [0.15, 0.2) is 12.1 Å². The Morgan fingerprint density at radius 3 is 3.00 bits per heavy atom. The number of hydrogen-bond acceptors (Lipinski definition) is 4. The number of halogens is 1. The molecule has 3 N–H and O–H groups in total. The number of nitrogens with two attached hydrogens (primary N) is 1. The number of carboxylic acids is 1. The first-order chi connectivity index (χ1) is 8.09. The molecule has 1 heterocycles. The summed E-state index contributed by atoms with van der Waals surface area (Å²) in [4.78, 5) is 10.4. The van der Waals surface area contributed by atoms with Crippen LogP contribution in [0.3, 0.4) is 0 Å². The van der Waals surface area contributed by atoms with Crippen molar-refractivity contribution in [2.75, 3.05) is 6.79 Å². The summed E-state index contributed by atoms with van der Waals surface area (Å²) >= 11 is 0. The van der Waals surface area contributed by atoms with Gasteiger partial charge in [-0.1, -0.05) is 0 Å². The van der Waals surface area contributed by atoms with Crippen LogP contribution in [0.25, 0.3) is 0 Å². The van der Waals surface area contributed by atoms with Gasteiger partial charge >= 0.3 is 5.97 Å². The SMILES string of the molecule is NC(CCC(=O)O)c1c(F)ccc2c1OCO2. The number of carboxylic acid groups (broad SMARTS) is 1. The van der Waals surface area contributed by atoms with E-state index in [-0.39, 0.29) is 30.9 Å². The Hall–Kier alpha value is -1.82. The van der Waals surface area contributed by atoms with Gasteiger partial charge in [-0.2, -0.15) is 0 Å². The predicted molar refractivity (Wildman–Crippen MR) is 56.3 cm³/mol. The first-order valence-corrected chi connectivity index (χ1v) is 5.15. The van der Waals surface area contributed by atoms with Crippen LogP contribution in [0.4, 0.5) is 4.39 Å². The molecule has 0 amide bonds. The van der Waals surface area contributed by atoms with E-state index in [1.807, 2.05) is 0 Å². The molecule has 17 heavy (non-hydrogen) atoms. The first-order valence-electron chi connectivity index (χ1n) is 5.15. The van der Waals surface area contributed by atoms with Crippen LogP contribution >= 0.6 is 0 Å². The molecule has 0 aromatic heterocycles. The maximum Gasteiger partial charge on any atom is 0.303 e. The Morgan fingerprint density at radius 2 is 2.29 bits per heavy atom. The molecule has 92 valence electrons. The molecule has 1 atom stereocenters. The molecule has 0 saturated carbocycles. The number of carbonyl (C=O) groups is 1. The minimum absolute atomic E-state index is 0.0252. The van der Waals surface area contributed by atoms with E-state index in [4.69, 9.17) is 20.3 Å². The van der Waals surface area contributed by atoms with Crippen molar-refractivity contribution >= 4 is 5.97 Å². The van der Waals surface area contributed by atoms with E-state index in [1.165, 1.54) is 12.1 Å². The van der Waals surface area contributed by atoms with E-state index < -0.39 is 17.8 Å². The molecular weight excluding hydrogens is 229 g/mol. The maximum atomic E-state index is 13.7. The van der Waals surface area contributed by atoms with Crippen LogP contribution in [-0.2, 0) is 4.79 Å². The zero-order valence-electron chi connectivity index (χ0n) is 8.98. The largest absolute Gasteiger partial charge is 0.481 e. The summed E-state index contributed by atoms with van der Waals surface area (Å²) in [5.41, 5.74) is 5.96. The Labute approximate surface area is 96.9 Å². The zero-order chi connectivity index (χ0) is 12.4. The molecule has 0 aliphatic carbocycles. The van der Waals surface area contributed by atoms with Crippen LogP contribution in [0.5, 0.6) is 11.5 Å². The highest BCUT2D eigenvalue weighted by atomic mass is 19.1. The zero-order valence-corrected chi connectivity index (χ0v) is 8.98. The molecule has 0 bridgehead atoms. The second-order valence-corrected chi connectivity index (χ2v) is 3.73. The minimum atomic E-state index is -0.967. The Balaban J connectivity index is 2.25. The highest BCUT2D eigenvalue weighted by Crippen LogP contribution is 2.40. The van der Waals surface area contributed by atoms with Gasteiger partial charge in [0, 0.05) is 12.5 Å². The molecule has 1 aromatic rings. The Kier molecular flexibility index (Phi) is 3.14. The molecular formula is C11H12FNO4. The second-order valence-electron chi connectivity index (χ2n) is 3.73. The molecule has 1 unspecified atom stereocenters. The fourth-order valence-electron chi connectivity index (χ4n) is 1.74. The summed E-state index contributed by atoms with van der Waals surface area (Å²) in [6.45, 7) is 0.0252. The van der Waals surface area contributed by atoms with Crippen molar-refractivity contribution in [1.29, 1.82) is 0 Å². The van der Waals surface area contributed by atoms with Crippen molar-refractivity contribution in [1.82, 2.24) is 0 Å². The van der Waals surface area contributed by atoms with Crippen molar-refractivity contribution in [3.63, 3.8) is 0 Å². The van der Waals surface area contributed by atoms with Gasteiger partial charge in [-0.3, -0.25) is 4.79 Å². The number of benzene rings is 1. The van der Waals surface area contributed by atoms with Crippen LogP contribution in [0, 0.1) is 5.82 Å². The molecule has 0 radical (unpaired) electrons. The second kappa shape index (κ2) is 4.58. The summed E-state index contributed by atoms with van der Waals surface area (Å²) in [5.74, 6) is -0.757. The highest BCUT2D eigenvalue weighted by molar-refractivity contribution is 5.66. The standard InChI is InChI=1S/C11H12FNO4/c12-6-1-3-8-11(17-5-16-8)10(6)7(13)2-4-9(14)15/h1,3,7H,2,4-5,13H2,(H,14,15). The fourth-order valence-corrected chi connectivity index (χ4v) is 1.74. The lowest BCUT2D eigenvalue weighted by molar-refractivity contribution is -0.137. The van der Waals surface area contributed by atoms with Gasteiger partial charge in [0.05, 0.1) is 5.56 Å². The van der Waals surface area contributed by atoms with Crippen LogP contribution in [0.1, 0.15) is 24.4 Å². The summed E-state index contributed by atoms with van der Waals surface area (Å²) in [6, 6.07) is 1.98.